The van der Waals surface area contributed by atoms with Crippen LogP contribution in [0.2, 0.25) is 0 Å². The van der Waals surface area contributed by atoms with Gasteiger partial charge in [-0.25, -0.2) is 0 Å². The molecule has 0 radical (unpaired) electrons. The number of hydrogen-bond acceptors (Lipinski definition) is 3. The van der Waals surface area contributed by atoms with Gasteiger partial charge in [0.2, 0.25) is 0 Å². The molecule has 2 rings (SSSR count). The smallest absolute Gasteiger partial charge is 0.120 e. The van der Waals surface area contributed by atoms with E-state index in [4.69, 9.17) is 15.2 Å². The van der Waals surface area contributed by atoms with Gasteiger partial charge in [0.05, 0.1) is 6.61 Å². The number of ether oxygens (including phenoxy) is 2. The quantitative estimate of drug-likeness (QED) is 0.930. The van der Waals surface area contributed by atoms with Gasteiger partial charge in [-0.1, -0.05) is 15.9 Å². The molecule has 1 aromatic carbocycles. The van der Waals surface area contributed by atoms with Crippen LogP contribution in [0, 0.1) is 5.92 Å². The van der Waals surface area contributed by atoms with Crippen LogP contribution < -0.4 is 10.5 Å². The maximum Gasteiger partial charge on any atom is 0.120 e. The Kier molecular flexibility index (Phi) is 4.83. The molecule has 4 heteroatoms. The van der Waals surface area contributed by atoms with Gasteiger partial charge in [-0.3, -0.25) is 0 Å². The Balaban J connectivity index is 1.91. The highest BCUT2D eigenvalue weighted by Gasteiger charge is 2.14. The summed E-state index contributed by atoms with van der Waals surface area (Å²) in [6.07, 6.45) is 2.19. The molecule has 1 aliphatic heterocycles. The largest absolute Gasteiger partial charge is 0.493 e. The van der Waals surface area contributed by atoms with Crippen LogP contribution in [0.5, 0.6) is 5.75 Å². The van der Waals surface area contributed by atoms with Crippen LogP contribution in [0.15, 0.2) is 22.7 Å². The Bertz CT molecular complexity index is 364. The zero-order valence-electron chi connectivity index (χ0n) is 9.82. The van der Waals surface area contributed by atoms with Gasteiger partial charge in [-0.15, -0.1) is 0 Å². The molecule has 0 bridgehead atoms. The first-order chi connectivity index (χ1) is 8.28. The van der Waals surface area contributed by atoms with Gasteiger partial charge in [-0.05, 0) is 42.5 Å². The number of nitrogens with two attached hydrogens (primary N) is 1. The minimum Gasteiger partial charge on any atom is -0.493 e. The maximum atomic E-state index is 5.83. The summed E-state index contributed by atoms with van der Waals surface area (Å²) in [4.78, 5) is 0. The lowest BCUT2D eigenvalue weighted by atomic mass is 10.0. The second-order valence-corrected chi connectivity index (χ2v) is 5.28. The van der Waals surface area contributed by atoms with E-state index in [1.807, 2.05) is 18.2 Å². The van der Waals surface area contributed by atoms with Crippen molar-refractivity contribution in [1.29, 1.82) is 0 Å². The van der Waals surface area contributed by atoms with E-state index in [2.05, 4.69) is 15.9 Å². The predicted molar refractivity (Wildman–Crippen MR) is 71.1 cm³/mol. The number of hydrogen-bond donors (Lipinski definition) is 1. The Hall–Kier alpha value is -0.580. The van der Waals surface area contributed by atoms with Crippen molar-refractivity contribution in [2.24, 2.45) is 11.7 Å². The number of benzene rings is 1. The molecule has 1 fully saturated rings. The minimum atomic E-state index is 0.535. The van der Waals surface area contributed by atoms with Gasteiger partial charge < -0.3 is 15.2 Å². The molecule has 1 aliphatic rings. The van der Waals surface area contributed by atoms with Crippen LogP contribution in [0.4, 0.5) is 0 Å². The van der Waals surface area contributed by atoms with Gasteiger partial charge in [0, 0.05) is 24.2 Å². The molecule has 1 heterocycles. The van der Waals surface area contributed by atoms with Crippen molar-refractivity contribution in [2.75, 3.05) is 19.8 Å². The van der Waals surface area contributed by atoms with Crippen LogP contribution in [0.25, 0.3) is 0 Å². The van der Waals surface area contributed by atoms with E-state index < -0.39 is 0 Å². The third-order valence-corrected chi connectivity index (χ3v) is 3.45. The second-order valence-electron chi connectivity index (χ2n) is 4.37. The molecule has 0 amide bonds. The lowest BCUT2D eigenvalue weighted by Crippen LogP contribution is -2.21. The van der Waals surface area contributed by atoms with Crippen LogP contribution >= 0.6 is 15.9 Å². The second kappa shape index (κ2) is 6.38. The summed E-state index contributed by atoms with van der Waals surface area (Å²) < 4.78 is 12.2. The standard InChI is InChI=1S/C13H18BrNO2/c14-12-5-11(8-15)6-13(7-12)17-9-10-1-3-16-4-2-10/h5-7,10H,1-4,8-9,15H2. The van der Waals surface area contributed by atoms with Crippen molar-refractivity contribution in [2.45, 2.75) is 19.4 Å². The Morgan fingerprint density at radius 1 is 1.29 bits per heavy atom. The first kappa shape index (κ1) is 12.9. The van der Waals surface area contributed by atoms with Crippen molar-refractivity contribution in [3.63, 3.8) is 0 Å². The fourth-order valence-electron chi connectivity index (χ4n) is 1.95. The SMILES string of the molecule is NCc1cc(Br)cc(OCC2CCOCC2)c1. The fraction of sp³-hybridized carbons (Fsp3) is 0.538. The average molecular weight is 300 g/mol. The lowest BCUT2D eigenvalue weighted by Gasteiger charge is -2.22. The molecule has 0 unspecified atom stereocenters. The average Bonchev–Trinajstić information content (AvgIpc) is 2.37. The Morgan fingerprint density at radius 3 is 2.76 bits per heavy atom. The van der Waals surface area contributed by atoms with E-state index in [0.717, 1.165) is 48.4 Å². The molecule has 0 aromatic heterocycles. The predicted octanol–water partition coefficient (Wildman–Crippen LogP) is 2.71. The van der Waals surface area contributed by atoms with E-state index in [-0.39, 0.29) is 0 Å². The molecule has 3 nitrogen and oxygen atoms in total. The van der Waals surface area contributed by atoms with Crippen LogP contribution in [-0.4, -0.2) is 19.8 Å². The van der Waals surface area contributed by atoms with E-state index in [1.54, 1.807) is 0 Å². The summed E-state index contributed by atoms with van der Waals surface area (Å²) >= 11 is 3.46. The molecule has 94 valence electrons. The van der Waals surface area contributed by atoms with E-state index in [0.29, 0.717) is 12.5 Å². The summed E-state index contributed by atoms with van der Waals surface area (Å²) in [6.45, 7) is 3.03. The summed E-state index contributed by atoms with van der Waals surface area (Å²) in [5.74, 6) is 1.51. The topological polar surface area (TPSA) is 44.5 Å². The van der Waals surface area contributed by atoms with E-state index >= 15 is 0 Å². The summed E-state index contributed by atoms with van der Waals surface area (Å²) in [5, 5.41) is 0. The summed E-state index contributed by atoms with van der Waals surface area (Å²) in [5.41, 5.74) is 6.72. The van der Waals surface area contributed by atoms with Crippen molar-refractivity contribution in [3.05, 3.63) is 28.2 Å². The van der Waals surface area contributed by atoms with Gasteiger partial charge in [-0.2, -0.15) is 0 Å². The zero-order chi connectivity index (χ0) is 12.1. The van der Waals surface area contributed by atoms with Gasteiger partial charge in [0.25, 0.3) is 0 Å². The van der Waals surface area contributed by atoms with Gasteiger partial charge >= 0.3 is 0 Å². The summed E-state index contributed by atoms with van der Waals surface area (Å²) in [6, 6.07) is 6.00. The molecule has 2 N–H and O–H groups in total. The number of halogens is 1. The van der Waals surface area contributed by atoms with Crippen molar-refractivity contribution in [3.8, 4) is 5.75 Å². The molecule has 1 aromatic rings. The molecule has 0 spiro atoms. The molecule has 0 atom stereocenters. The maximum absolute atomic E-state index is 5.83. The van der Waals surface area contributed by atoms with Crippen molar-refractivity contribution < 1.29 is 9.47 Å². The molecule has 17 heavy (non-hydrogen) atoms. The van der Waals surface area contributed by atoms with Crippen LogP contribution in [0.1, 0.15) is 18.4 Å². The lowest BCUT2D eigenvalue weighted by molar-refractivity contribution is 0.0497. The Morgan fingerprint density at radius 2 is 2.06 bits per heavy atom. The normalized spacial score (nSPS) is 17.1. The van der Waals surface area contributed by atoms with E-state index in [9.17, 15) is 0 Å². The third-order valence-electron chi connectivity index (χ3n) is 2.99. The van der Waals surface area contributed by atoms with Crippen LogP contribution in [0.3, 0.4) is 0 Å². The minimum absolute atomic E-state index is 0.535. The van der Waals surface area contributed by atoms with Crippen molar-refractivity contribution >= 4 is 15.9 Å². The monoisotopic (exact) mass is 299 g/mol. The Labute approximate surface area is 110 Å². The molecular weight excluding hydrogens is 282 g/mol. The van der Waals surface area contributed by atoms with E-state index in [1.165, 1.54) is 0 Å². The highest BCUT2D eigenvalue weighted by atomic mass is 79.9. The van der Waals surface area contributed by atoms with Gasteiger partial charge in [0.15, 0.2) is 0 Å². The molecule has 0 aliphatic carbocycles. The van der Waals surface area contributed by atoms with Crippen molar-refractivity contribution in [1.82, 2.24) is 0 Å². The first-order valence-corrected chi connectivity index (χ1v) is 6.77. The molecular formula is C13H18BrNO2. The first-order valence-electron chi connectivity index (χ1n) is 5.98. The zero-order valence-corrected chi connectivity index (χ0v) is 11.4. The molecule has 0 saturated carbocycles. The number of rotatable bonds is 4. The van der Waals surface area contributed by atoms with Crippen LogP contribution in [-0.2, 0) is 11.3 Å². The molecule has 1 saturated heterocycles. The fourth-order valence-corrected chi connectivity index (χ4v) is 2.47. The highest BCUT2D eigenvalue weighted by Crippen LogP contribution is 2.23. The van der Waals surface area contributed by atoms with Gasteiger partial charge in [0.1, 0.15) is 5.75 Å². The highest BCUT2D eigenvalue weighted by molar-refractivity contribution is 9.10. The third kappa shape index (κ3) is 3.98. The summed E-state index contributed by atoms with van der Waals surface area (Å²) in [7, 11) is 0.